The lowest BCUT2D eigenvalue weighted by molar-refractivity contribution is -0.125. The lowest BCUT2D eigenvalue weighted by Gasteiger charge is -2.14. The highest BCUT2D eigenvalue weighted by molar-refractivity contribution is 6.38. The maximum atomic E-state index is 12.0. The molecule has 10 nitrogen and oxygen atoms in total. The van der Waals surface area contributed by atoms with Crippen molar-refractivity contribution in [2.24, 2.45) is 0 Å². The molecule has 1 amide bonds. The lowest BCUT2D eigenvalue weighted by Crippen LogP contribution is -2.27. The van der Waals surface area contributed by atoms with E-state index >= 15 is 0 Å². The number of nitrogen functional groups attached to an aromatic ring is 1. The highest BCUT2D eigenvalue weighted by atomic mass is 35.5. The highest BCUT2D eigenvalue weighted by Gasteiger charge is 2.29. The first-order valence-corrected chi connectivity index (χ1v) is 10.5. The average molecular weight is 488 g/mol. The number of nitrogens with zero attached hydrogens (tertiary/aromatic N) is 6. The van der Waals surface area contributed by atoms with E-state index in [2.05, 4.69) is 38.5 Å². The van der Waals surface area contributed by atoms with Crippen LogP contribution in [0.4, 0.5) is 5.82 Å². The van der Waals surface area contributed by atoms with Crippen LogP contribution in [0.5, 0.6) is 11.8 Å². The molecule has 0 bridgehead atoms. The number of fused-ring (bicyclic) bond motifs is 1. The van der Waals surface area contributed by atoms with Gasteiger partial charge < -0.3 is 20.1 Å². The van der Waals surface area contributed by atoms with Crippen LogP contribution in [0.1, 0.15) is 23.7 Å². The summed E-state index contributed by atoms with van der Waals surface area (Å²) in [4.78, 5) is 26.2. The summed E-state index contributed by atoms with van der Waals surface area (Å²) in [6.45, 7) is 4.60. The Balaban J connectivity index is 1.82. The highest BCUT2D eigenvalue weighted by Crippen LogP contribution is 2.37. The maximum Gasteiger partial charge on any atom is 0.246 e. The van der Waals surface area contributed by atoms with Gasteiger partial charge in [0.05, 0.1) is 31.2 Å². The molecule has 1 aliphatic heterocycles. The van der Waals surface area contributed by atoms with Crippen molar-refractivity contribution >= 4 is 46.0 Å². The number of carbonyl (C=O) groups is 1. The van der Waals surface area contributed by atoms with Crippen molar-refractivity contribution in [1.29, 1.82) is 0 Å². The second-order valence-corrected chi connectivity index (χ2v) is 7.82. The van der Waals surface area contributed by atoms with Gasteiger partial charge in [-0.3, -0.25) is 4.79 Å². The van der Waals surface area contributed by atoms with E-state index in [4.69, 9.17) is 38.4 Å². The van der Waals surface area contributed by atoms with Crippen LogP contribution in [-0.2, 0) is 4.79 Å². The second-order valence-electron chi connectivity index (χ2n) is 7.06. The van der Waals surface area contributed by atoms with Gasteiger partial charge in [0.1, 0.15) is 27.9 Å². The molecule has 0 aromatic carbocycles. The smallest absolute Gasteiger partial charge is 0.246 e. The van der Waals surface area contributed by atoms with Crippen LogP contribution in [0, 0.1) is 11.8 Å². The van der Waals surface area contributed by atoms with Crippen molar-refractivity contribution in [3.63, 3.8) is 0 Å². The van der Waals surface area contributed by atoms with Crippen molar-refractivity contribution in [1.82, 2.24) is 29.6 Å². The Bertz CT molecular complexity index is 1300. The fourth-order valence-electron chi connectivity index (χ4n) is 3.61. The Kier molecular flexibility index (Phi) is 6.26. The summed E-state index contributed by atoms with van der Waals surface area (Å²) in [6, 6.07) is -0.102. The van der Waals surface area contributed by atoms with Crippen LogP contribution in [-0.4, -0.2) is 62.8 Å². The minimum Gasteiger partial charge on any atom is -0.480 e. The fourth-order valence-corrected chi connectivity index (χ4v) is 4.18. The van der Waals surface area contributed by atoms with E-state index in [-0.39, 0.29) is 45.1 Å². The quantitative estimate of drug-likeness (QED) is 0.439. The zero-order valence-electron chi connectivity index (χ0n) is 17.8. The molecule has 1 atom stereocenters. The Hall–Kier alpha value is -3.55. The van der Waals surface area contributed by atoms with Crippen LogP contribution in [0.2, 0.25) is 10.0 Å². The van der Waals surface area contributed by atoms with Gasteiger partial charge in [-0.25, -0.2) is 14.6 Å². The monoisotopic (exact) mass is 487 g/mol. The van der Waals surface area contributed by atoms with E-state index in [1.807, 2.05) is 0 Å². The number of carbonyl (C=O) groups excluding carboxylic acids is 1. The Morgan fingerprint density at radius 2 is 1.94 bits per heavy atom. The molecule has 1 aliphatic rings. The molecule has 170 valence electrons. The van der Waals surface area contributed by atoms with E-state index in [9.17, 15) is 4.79 Å². The molecule has 1 saturated heterocycles. The number of methoxy groups -OCH3 is 2. The Labute approximate surface area is 199 Å². The number of hydrogen-bond donors (Lipinski definition) is 1. The molecule has 3 aromatic rings. The van der Waals surface area contributed by atoms with Gasteiger partial charge in [-0.15, -0.1) is 0 Å². The third kappa shape index (κ3) is 4.01. The summed E-state index contributed by atoms with van der Waals surface area (Å²) < 4.78 is 12.1. The zero-order chi connectivity index (χ0) is 23.7. The standard InChI is InChI=1S/C21H19Cl2N7O3/c1-4-14(31)29-8-7-11(9-29)30-19-15(18(24)25-10-26-19)13(28-30)6-5-12-16(22)20(32-2)27-21(33-3)17(12)23/h4,10-11H,1,7-9H2,2-3H3,(H2,24,25,26). The largest absolute Gasteiger partial charge is 0.480 e. The number of ether oxygens (including phenoxy) is 2. The number of amides is 1. The molecule has 4 heterocycles. The molecule has 3 aromatic heterocycles. The predicted octanol–water partition coefficient (Wildman–Crippen LogP) is 2.49. The van der Waals surface area contributed by atoms with E-state index in [0.717, 1.165) is 0 Å². The van der Waals surface area contributed by atoms with Gasteiger partial charge in [0, 0.05) is 13.1 Å². The molecule has 0 radical (unpaired) electrons. The molecule has 0 aliphatic carbocycles. The fraction of sp³-hybridized carbons (Fsp3) is 0.286. The number of rotatable bonds is 4. The first-order valence-electron chi connectivity index (χ1n) is 9.78. The third-order valence-electron chi connectivity index (χ3n) is 5.22. The van der Waals surface area contributed by atoms with E-state index in [1.165, 1.54) is 26.6 Å². The summed E-state index contributed by atoms with van der Waals surface area (Å²) in [6.07, 6.45) is 3.36. The van der Waals surface area contributed by atoms with E-state index in [1.54, 1.807) is 9.58 Å². The Morgan fingerprint density at radius 3 is 2.58 bits per heavy atom. The topological polar surface area (TPSA) is 121 Å². The van der Waals surface area contributed by atoms with Crippen LogP contribution < -0.4 is 15.2 Å². The first-order chi connectivity index (χ1) is 15.9. The minimum absolute atomic E-state index is 0.102. The van der Waals surface area contributed by atoms with Gasteiger partial charge in [-0.1, -0.05) is 35.7 Å². The third-order valence-corrected chi connectivity index (χ3v) is 5.93. The van der Waals surface area contributed by atoms with Gasteiger partial charge >= 0.3 is 0 Å². The van der Waals surface area contributed by atoms with Gasteiger partial charge in [0.25, 0.3) is 0 Å². The molecular weight excluding hydrogens is 469 g/mol. The average Bonchev–Trinajstić information content (AvgIpc) is 3.44. The molecule has 1 fully saturated rings. The van der Waals surface area contributed by atoms with Crippen LogP contribution >= 0.6 is 23.2 Å². The number of aromatic nitrogens is 5. The molecule has 12 heteroatoms. The van der Waals surface area contributed by atoms with Gasteiger partial charge in [0.15, 0.2) is 5.65 Å². The molecule has 4 rings (SSSR count). The van der Waals surface area contributed by atoms with Gasteiger partial charge in [-0.2, -0.15) is 10.1 Å². The predicted molar refractivity (Wildman–Crippen MR) is 124 cm³/mol. The van der Waals surface area contributed by atoms with E-state index in [0.29, 0.717) is 36.2 Å². The second kappa shape index (κ2) is 9.13. The zero-order valence-corrected chi connectivity index (χ0v) is 19.3. The molecule has 33 heavy (non-hydrogen) atoms. The van der Waals surface area contributed by atoms with Crippen molar-refractivity contribution < 1.29 is 14.3 Å². The minimum atomic E-state index is -0.131. The van der Waals surface area contributed by atoms with Crippen molar-refractivity contribution in [3.05, 3.63) is 40.3 Å². The maximum absolute atomic E-state index is 12.0. The lowest BCUT2D eigenvalue weighted by atomic mass is 10.2. The van der Waals surface area contributed by atoms with Gasteiger partial charge in [-0.05, 0) is 18.4 Å². The number of hydrogen-bond acceptors (Lipinski definition) is 8. The first kappa shape index (κ1) is 22.6. The molecular formula is C21H19Cl2N7O3. The number of likely N-dealkylation sites (tertiary alicyclic amines) is 1. The van der Waals surface area contributed by atoms with Crippen molar-refractivity contribution in [2.75, 3.05) is 33.0 Å². The SMILES string of the molecule is C=CC(=O)N1CCC(n2nc(C#Cc3c(Cl)c(OC)nc(OC)c3Cl)c3c(N)ncnc32)C1. The van der Waals surface area contributed by atoms with Crippen LogP contribution in [0.3, 0.4) is 0 Å². The number of halogens is 2. The number of anilines is 1. The molecule has 0 spiro atoms. The number of pyridine rings is 1. The molecule has 0 saturated carbocycles. The summed E-state index contributed by atoms with van der Waals surface area (Å²) in [5, 5.41) is 5.42. The van der Waals surface area contributed by atoms with Crippen molar-refractivity contribution in [3.8, 4) is 23.6 Å². The van der Waals surface area contributed by atoms with E-state index < -0.39 is 0 Å². The summed E-state index contributed by atoms with van der Waals surface area (Å²) in [5.74, 6) is 6.25. The number of nitrogens with two attached hydrogens (primary N) is 1. The molecule has 2 N–H and O–H groups in total. The normalized spacial score (nSPS) is 15.3. The summed E-state index contributed by atoms with van der Waals surface area (Å²) >= 11 is 12.8. The van der Waals surface area contributed by atoms with Gasteiger partial charge in [0.2, 0.25) is 17.7 Å². The Morgan fingerprint density at radius 1 is 1.24 bits per heavy atom. The summed E-state index contributed by atoms with van der Waals surface area (Å²) in [7, 11) is 2.85. The van der Waals surface area contributed by atoms with Crippen LogP contribution in [0.25, 0.3) is 11.0 Å². The van der Waals surface area contributed by atoms with Crippen molar-refractivity contribution in [2.45, 2.75) is 12.5 Å². The summed E-state index contributed by atoms with van der Waals surface area (Å²) in [5.41, 5.74) is 7.27. The molecule has 1 unspecified atom stereocenters. The van der Waals surface area contributed by atoms with Crippen LogP contribution in [0.15, 0.2) is 19.0 Å².